The van der Waals surface area contributed by atoms with Crippen LogP contribution in [0, 0.1) is 0 Å². The summed E-state index contributed by atoms with van der Waals surface area (Å²) in [7, 11) is 0. The molecule has 12 heteroatoms. The highest BCUT2D eigenvalue weighted by atomic mass is 19.4. The van der Waals surface area contributed by atoms with Crippen LogP contribution in [0.5, 0.6) is 0 Å². The lowest BCUT2D eigenvalue weighted by molar-refractivity contribution is -0.124. The fourth-order valence-electron chi connectivity index (χ4n) is 1.78. The molecule has 0 aliphatic carbocycles. The van der Waals surface area contributed by atoms with Crippen molar-refractivity contribution >= 4 is 12.2 Å². The van der Waals surface area contributed by atoms with Crippen LogP contribution in [0.4, 0.5) is 35.9 Å². The molecule has 0 fully saturated rings. The minimum Gasteiger partial charge on any atom is -0.465 e. The first-order valence-corrected chi connectivity index (χ1v) is 8.43. The van der Waals surface area contributed by atoms with Gasteiger partial charge in [-0.2, -0.15) is 26.3 Å². The van der Waals surface area contributed by atoms with Gasteiger partial charge in [0.15, 0.2) is 0 Å². The molecule has 2 amide bonds. The summed E-state index contributed by atoms with van der Waals surface area (Å²) >= 11 is 0. The van der Waals surface area contributed by atoms with E-state index in [-0.39, 0.29) is 0 Å². The predicted molar refractivity (Wildman–Crippen MR) is 99.9 cm³/mol. The first-order valence-electron chi connectivity index (χ1n) is 8.43. The van der Waals surface area contributed by atoms with E-state index in [1.165, 1.54) is 21.8 Å². The summed E-state index contributed by atoms with van der Waals surface area (Å²) in [6.07, 6.45) is -11.2. The summed E-state index contributed by atoms with van der Waals surface area (Å²) in [5.41, 5.74) is 2.74. The van der Waals surface area contributed by atoms with E-state index in [1.54, 1.807) is 0 Å². The zero-order chi connectivity index (χ0) is 23.9. The van der Waals surface area contributed by atoms with Crippen LogP contribution in [0.1, 0.15) is 11.1 Å². The number of rotatable bonds is 4. The van der Waals surface area contributed by atoms with Crippen LogP contribution in [0.15, 0.2) is 60.7 Å². The Morgan fingerprint density at radius 3 is 1.13 bits per heavy atom. The van der Waals surface area contributed by atoms with Crippen LogP contribution in [-0.2, 0) is 6.42 Å². The van der Waals surface area contributed by atoms with E-state index in [2.05, 4.69) is 60.7 Å². The molecule has 0 saturated carbocycles. The van der Waals surface area contributed by atoms with Gasteiger partial charge < -0.3 is 20.8 Å². The quantitative estimate of drug-likeness (QED) is 0.494. The Bertz CT molecular complexity index is 703. The van der Waals surface area contributed by atoms with Crippen molar-refractivity contribution in [2.24, 2.45) is 0 Å². The average Bonchev–Trinajstić information content (AvgIpc) is 2.67. The molecule has 0 atom stereocenters. The molecule has 0 aliphatic rings. The van der Waals surface area contributed by atoms with Crippen molar-refractivity contribution in [1.29, 1.82) is 0 Å². The van der Waals surface area contributed by atoms with Gasteiger partial charge in [-0.15, -0.1) is 0 Å². The Morgan fingerprint density at radius 2 is 0.935 bits per heavy atom. The van der Waals surface area contributed by atoms with E-state index in [0.29, 0.717) is 0 Å². The molecular weight excluding hydrogens is 434 g/mol. The minimum absolute atomic E-state index is 1.03. The lowest BCUT2D eigenvalue weighted by Gasteiger charge is -2.03. The second-order valence-electron chi connectivity index (χ2n) is 5.70. The van der Waals surface area contributed by atoms with Gasteiger partial charge >= 0.3 is 24.5 Å². The van der Waals surface area contributed by atoms with E-state index in [1.807, 2.05) is 0 Å². The van der Waals surface area contributed by atoms with Crippen LogP contribution < -0.4 is 10.6 Å². The van der Waals surface area contributed by atoms with Crippen molar-refractivity contribution in [2.45, 2.75) is 18.8 Å². The van der Waals surface area contributed by atoms with E-state index < -0.39 is 37.6 Å². The van der Waals surface area contributed by atoms with Crippen LogP contribution in [0.3, 0.4) is 0 Å². The molecule has 4 N–H and O–H groups in total. The molecule has 0 unspecified atom stereocenters. The molecule has 0 aliphatic heterocycles. The van der Waals surface area contributed by atoms with Crippen LogP contribution in [-0.4, -0.2) is 47.8 Å². The number of benzene rings is 2. The first kappa shape index (κ1) is 27.6. The fraction of sp³-hybridized carbons (Fsp3) is 0.263. The Balaban J connectivity index is 0.000000452. The van der Waals surface area contributed by atoms with Crippen molar-refractivity contribution in [3.05, 3.63) is 71.8 Å². The molecule has 2 aromatic carbocycles. The highest BCUT2D eigenvalue weighted by Gasteiger charge is 2.28. The zero-order valence-corrected chi connectivity index (χ0v) is 15.9. The Kier molecular flexibility index (Phi) is 12.2. The van der Waals surface area contributed by atoms with E-state index in [0.717, 1.165) is 6.42 Å². The second kappa shape index (κ2) is 13.7. The molecule has 0 spiro atoms. The summed E-state index contributed by atoms with van der Waals surface area (Å²) in [6, 6.07) is 21.1. The molecule has 172 valence electrons. The smallest absolute Gasteiger partial charge is 0.405 e. The molecule has 0 radical (unpaired) electrons. The first-order chi connectivity index (χ1) is 14.3. The maximum atomic E-state index is 11.1. The third-order valence-corrected chi connectivity index (χ3v) is 2.97. The van der Waals surface area contributed by atoms with Crippen LogP contribution >= 0.6 is 0 Å². The SMILES string of the molecule is O=C(O)NCC(F)(F)F.O=C(O)NCC(F)(F)F.c1ccc(Cc2ccccc2)cc1. The van der Waals surface area contributed by atoms with Crippen molar-refractivity contribution < 1.29 is 46.1 Å². The van der Waals surface area contributed by atoms with Crippen molar-refractivity contribution in [1.82, 2.24) is 10.6 Å². The van der Waals surface area contributed by atoms with Crippen molar-refractivity contribution in [3.8, 4) is 0 Å². The summed E-state index contributed by atoms with van der Waals surface area (Å²) in [5.74, 6) is 0. The molecular formula is C19H20F6N2O4. The Labute approximate surface area is 173 Å². The molecule has 0 heterocycles. The standard InChI is InChI=1S/C13H12.2C3H4F3NO2/c1-3-7-12(8-4-1)11-13-9-5-2-6-10-13;2*4-3(5,6)1-7-2(8)9/h1-10H,11H2;2*7H,1H2,(H,8,9). The topological polar surface area (TPSA) is 98.7 Å². The van der Waals surface area contributed by atoms with Gasteiger partial charge in [0, 0.05) is 0 Å². The monoisotopic (exact) mass is 454 g/mol. The molecule has 0 bridgehead atoms. The predicted octanol–water partition coefficient (Wildman–Crippen LogP) is 4.91. The number of halogens is 6. The van der Waals surface area contributed by atoms with E-state index in [4.69, 9.17) is 10.2 Å². The highest BCUT2D eigenvalue weighted by molar-refractivity contribution is 5.64. The number of hydrogen-bond acceptors (Lipinski definition) is 2. The molecule has 2 aromatic rings. The Hall–Kier alpha value is -3.44. The summed E-state index contributed by atoms with van der Waals surface area (Å²) in [6.45, 7) is -3.00. The maximum Gasteiger partial charge on any atom is 0.405 e. The molecule has 2 rings (SSSR count). The number of carboxylic acid groups (broad SMARTS) is 2. The second-order valence-corrected chi connectivity index (χ2v) is 5.70. The van der Waals surface area contributed by atoms with Gasteiger partial charge in [0.05, 0.1) is 0 Å². The molecule has 6 nitrogen and oxygen atoms in total. The third kappa shape index (κ3) is 19.6. The van der Waals surface area contributed by atoms with Crippen molar-refractivity contribution in [2.75, 3.05) is 13.1 Å². The number of amides is 2. The number of nitrogens with one attached hydrogen (secondary N) is 2. The number of hydrogen-bond donors (Lipinski definition) is 4. The van der Waals surface area contributed by atoms with E-state index >= 15 is 0 Å². The largest absolute Gasteiger partial charge is 0.465 e. The minimum atomic E-state index is -4.46. The van der Waals surface area contributed by atoms with E-state index in [9.17, 15) is 35.9 Å². The van der Waals surface area contributed by atoms with Gasteiger partial charge in [-0.1, -0.05) is 60.7 Å². The lowest BCUT2D eigenvalue weighted by atomic mass is 10.1. The zero-order valence-electron chi connectivity index (χ0n) is 15.9. The fourth-order valence-corrected chi connectivity index (χ4v) is 1.78. The number of carbonyl (C=O) groups is 2. The van der Waals surface area contributed by atoms with Crippen LogP contribution in [0.25, 0.3) is 0 Å². The summed E-state index contributed by atoms with van der Waals surface area (Å²) in [5, 5.41) is 17.7. The third-order valence-electron chi connectivity index (χ3n) is 2.97. The Morgan fingerprint density at radius 1 is 0.645 bits per heavy atom. The van der Waals surface area contributed by atoms with Gasteiger partial charge in [0.25, 0.3) is 0 Å². The van der Waals surface area contributed by atoms with Crippen LogP contribution in [0.2, 0.25) is 0 Å². The van der Waals surface area contributed by atoms with Gasteiger partial charge in [-0.3, -0.25) is 0 Å². The van der Waals surface area contributed by atoms with Crippen molar-refractivity contribution in [3.63, 3.8) is 0 Å². The number of alkyl halides is 6. The van der Waals surface area contributed by atoms with Gasteiger partial charge in [0.1, 0.15) is 13.1 Å². The van der Waals surface area contributed by atoms with Gasteiger partial charge in [0.2, 0.25) is 0 Å². The highest BCUT2D eigenvalue weighted by Crippen LogP contribution is 2.12. The average molecular weight is 454 g/mol. The van der Waals surface area contributed by atoms with Gasteiger partial charge in [-0.05, 0) is 17.5 Å². The summed E-state index contributed by atoms with van der Waals surface area (Å²) < 4.78 is 66.5. The summed E-state index contributed by atoms with van der Waals surface area (Å²) in [4.78, 5) is 18.9. The molecule has 0 saturated heterocycles. The molecule has 0 aromatic heterocycles. The normalized spacial score (nSPS) is 10.5. The van der Waals surface area contributed by atoms with Gasteiger partial charge in [-0.25, -0.2) is 9.59 Å². The maximum absolute atomic E-state index is 11.1. The lowest BCUT2D eigenvalue weighted by Crippen LogP contribution is -2.32. The molecule has 31 heavy (non-hydrogen) atoms.